The van der Waals surface area contributed by atoms with Gasteiger partial charge in [0.1, 0.15) is 0 Å². The van der Waals surface area contributed by atoms with Crippen molar-refractivity contribution in [2.24, 2.45) is 0 Å². The van der Waals surface area contributed by atoms with Crippen molar-refractivity contribution in [3.8, 4) is 0 Å². The summed E-state index contributed by atoms with van der Waals surface area (Å²) in [5, 5.41) is 10.6. The summed E-state index contributed by atoms with van der Waals surface area (Å²) in [6.45, 7) is 0. The highest BCUT2D eigenvalue weighted by molar-refractivity contribution is 6.07. The van der Waals surface area contributed by atoms with Gasteiger partial charge in [-0.05, 0) is 24.3 Å². The normalized spacial score (nSPS) is 10.4. The minimum atomic E-state index is -0.199. The summed E-state index contributed by atoms with van der Waals surface area (Å²) in [5.41, 5.74) is 1.44. The number of nitrogens with zero attached hydrogens (tertiary/aromatic N) is 2. The predicted molar refractivity (Wildman–Crippen MR) is 68.3 cm³/mol. The summed E-state index contributed by atoms with van der Waals surface area (Å²) in [5.74, 6) is 0.335. The monoisotopic (exact) mass is 238 g/mol. The maximum absolute atomic E-state index is 12.0. The van der Waals surface area contributed by atoms with Crippen LogP contribution < -0.4 is 5.32 Å². The molecular formula is C13H10N4O. The molecule has 5 nitrogen and oxygen atoms in total. The van der Waals surface area contributed by atoms with Crippen LogP contribution in [0.15, 0.2) is 48.8 Å². The highest BCUT2D eigenvalue weighted by atomic mass is 16.1. The largest absolute Gasteiger partial charge is 0.305 e. The molecule has 3 rings (SSSR count). The van der Waals surface area contributed by atoms with Crippen molar-refractivity contribution in [3.63, 3.8) is 0 Å². The van der Waals surface area contributed by atoms with Crippen molar-refractivity contribution < 1.29 is 4.79 Å². The molecule has 1 amide bonds. The first-order valence-corrected chi connectivity index (χ1v) is 5.49. The molecule has 2 aromatic heterocycles. The van der Waals surface area contributed by atoms with Crippen molar-refractivity contribution in [3.05, 3.63) is 54.4 Å². The number of benzene rings is 1. The first-order valence-electron chi connectivity index (χ1n) is 5.49. The van der Waals surface area contributed by atoms with Gasteiger partial charge in [0.2, 0.25) is 0 Å². The third kappa shape index (κ3) is 1.82. The number of amides is 1. The van der Waals surface area contributed by atoms with Crippen LogP contribution in [-0.4, -0.2) is 21.1 Å². The second kappa shape index (κ2) is 4.29. The molecule has 0 saturated carbocycles. The molecule has 5 heteroatoms. The molecule has 0 spiro atoms. The lowest BCUT2D eigenvalue weighted by atomic mass is 10.2. The van der Waals surface area contributed by atoms with Crippen LogP contribution in [0.25, 0.3) is 10.9 Å². The Kier molecular flexibility index (Phi) is 2.49. The second-order valence-corrected chi connectivity index (χ2v) is 3.81. The molecule has 2 heterocycles. The summed E-state index contributed by atoms with van der Waals surface area (Å²) in [6.07, 6.45) is 3.16. The molecule has 0 aliphatic rings. The molecule has 0 radical (unpaired) electrons. The third-order valence-electron chi connectivity index (χ3n) is 2.64. The lowest BCUT2D eigenvalue weighted by Crippen LogP contribution is -2.12. The molecule has 0 aliphatic carbocycles. The van der Waals surface area contributed by atoms with Gasteiger partial charge in [0.05, 0.1) is 5.52 Å². The van der Waals surface area contributed by atoms with Crippen LogP contribution in [0.2, 0.25) is 0 Å². The second-order valence-electron chi connectivity index (χ2n) is 3.81. The van der Waals surface area contributed by atoms with E-state index in [0.29, 0.717) is 11.4 Å². The van der Waals surface area contributed by atoms with Gasteiger partial charge in [-0.2, -0.15) is 5.10 Å². The first-order chi connectivity index (χ1) is 8.84. The molecule has 88 valence electrons. The van der Waals surface area contributed by atoms with E-state index in [-0.39, 0.29) is 5.91 Å². The summed E-state index contributed by atoms with van der Waals surface area (Å²) >= 11 is 0. The number of H-pyrrole nitrogens is 1. The number of carbonyl (C=O) groups is 1. The first kappa shape index (κ1) is 10.5. The van der Waals surface area contributed by atoms with Crippen molar-refractivity contribution in [1.29, 1.82) is 0 Å². The summed E-state index contributed by atoms with van der Waals surface area (Å²) in [7, 11) is 0. The van der Waals surface area contributed by atoms with E-state index in [4.69, 9.17) is 0 Å². The van der Waals surface area contributed by atoms with Gasteiger partial charge in [-0.25, -0.2) is 0 Å². The Balaban J connectivity index is 1.91. The molecule has 0 bridgehead atoms. The molecule has 0 aliphatic heterocycles. The number of pyridine rings is 1. The number of hydrogen-bond donors (Lipinski definition) is 2. The zero-order chi connectivity index (χ0) is 12.4. The standard InChI is InChI=1S/C13H10N4O/c18-13(9-5-7-14-8-6-9)15-12-10-3-1-2-4-11(10)16-17-12/h1-8H,(H2,15,16,17,18). The lowest BCUT2D eigenvalue weighted by Gasteiger charge is -2.01. The number of hydrogen-bond acceptors (Lipinski definition) is 3. The molecule has 2 N–H and O–H groups in total. The van der Waals surface area contributed by atoms with E-state index in [2.05, 4.69) is 20.5 Å². The molecule has 1 aromatic carbocycles. The fourth-order valence-corrected chi connectivity index (χ4v) is 1.74. The van der Waals surface area contributed by atoms with Crippen molar-refractivity contribution >= 4 is 22.6 Å². The van der Waals surface area contributed by atoms with Gasteiger partial charge in [-0.3, -0.25) is 14.9 Å². The van der Waals surface area contributed by atoms with Gasteiger partial charge in [0.15, 0.2) is 5.82 Å². The summed E-state index contributed by atoms with van der Waals surface area (Å²) in [4.78, 5) is 15.8. The predicted octanol–water partition coefficient (Wildman–Crippen LogP) is 2.21. The Labute approximate surface area is 103 Å². The minimum absolute atomic E-state index is 0.199. The van der Waals surface area contributed by atoms with Crippen LogP contribution in [-0.2, 0) is 0 Å². The quantitative estimate of drug-likeness (QED) is 0.719. The summed E-state index contributed by atoms with van der Waals surface area (Å²) in [6, 6.07) is 10.9. The smallest absolute Gasteiger partial charge is 0.256 e. The van der Waals surface area contributed by atoms with Gasteiger partial charge in [-0.15, -0.1) is 0 Å². The van der Waals surface area contributed by atoms with Crippen LogP contribution in [0.1, 0.15) is 10.4 Å². The molecule has 0 saturated heterocycles. The van der Waals surface area contributed by atoms with Gasteiger partial charge < -0.3 is 5.32 Å². The van der Waals surface area contributed by atoms with Crippen LogP contribution in [0.3, 0.4) is 0 Å². The highest BCUT2D eigenvalue weighted by Gasteiger charge is 2.10. The number of aromatic amines is 1. The van der Waals surface area contributed by atoms with Crippen molar-refractivity contribution in [1.82, 2.24) is 15.2 Å². The van der Waals surface area contributed by atoms with Crippen LogP contribution in [0, 0.1) is 0 Å². The Morgan fingerprint density at radius 3 is 2.72 bits per heavy atom. The topological polar surface area (TPSA) is 70.7 Å². The average Bonchev–Trinajstić information content (AvgIpc) is 2.83. The molecule has 0 fully saturated rings. The number of para-hydroxylation sites is 1. The molecular weight excluding hydrogens is 228 g/mol. The van der Waals surface area contributed by atoms with Crippen LogP contribution in [0.4, 0.5) is 5.82 Å². The highest BCUT2D eigenvalue weighted by Crippen LogP contribution is 2.19. The average molecular weight is 238 g/mol. The van der Waals surface area contributed by atoms with Gasteiger partial charge >= 0.3 is 0 Å². The number of rotatable bonds is 2. The molecule has 0 unspecified atom stereocenters. The number of fused-ring (bicyclic) bond motifs is 1. The van der Waals surface area contributed by atoms with Gasteiger partial charge in [0, 0.05) is 23.3 Å². The maximum Gasteiger partial charge on any atom is 0.256 e. The van der Waals surface area contributed by atoms with E-state index in [1.165, 1.54) is 0 Å². The SMILES string of the molecule is O=C(Nc1n[nH]c2ccccc12)c1ccncc1. The van der Waals surface area contributed by atoms with Crippen LogP contribution in [0.5, 0.6) is 0 Å². The number of nitrogens with one attached hydrogen (secondary N) is 2. The van der Waals surface area contributed by atoms with E-state index >= 15 is 0 Å². The number of anilines is 1. The molecule has 18 heavy (non-hydrogen) atoms. The van der Waals surface area contributed by atoms with Gasteiger partial charge in [0.25, 0.3) is 5.91 Å². The zero-order valence-electron chi connectivity index (χ0n) is 9.42. The van der Waals surface area contributed by atoms with E-state index in [9.17, 15) is 4.79 Å². The van der Waals surface area contributed by atoms with E-state index < -0.39 is 0 Å². The Morgan fingerprint density at radius 2 is 1.89 bits per heavy atom. The lowest BCUT2D eigenvalue weighted by molar-refractivity contribution is 0.102. The third-order valence-corrected chi connectivity index (χ3v) is 2.64. The Hall–Kier alpha value is -2.69. The maximum atomic E-state index is 12.0. The van der Waals surface area contributed by atoms with Crippen LogP contribution >= 0.6 is 0 Å². The Bertz CT molecular complexity index is 690. The van der Waals surface area contributed by atoms with E-state index in [0.717, 1.165) is 10.9 Å². The summed E-state index contributed by atoms with van der Waals surface area (Å²) < 4.78 is 0. The van der Waals surface area contributed by atoms with E-state index in [1.807, 2.05) is 24.3 Å². The molecule has 3 aromatic rings. The van der Waals surface area contributed by atoms with E-state index in [1.54, 1.807) is 24.5 Å². The fraction of sp³-hybridized carbons (Fsp3) is 0. The fourth-order valence-electron chi connectivity index (χ4n) is 1.74. The minimum Gasteiger partial charge on any atom is -0.305 e. The number of aromatic nitrogens is 3. The molecule has 0 atom stereocenters. The van der Waals surface area contributed by atoms with Crippen molar-refractivity contribution in [2.75, 3.05) is 5.32 Å². The zero-order valence-corrected chi connectivity index (χ0v) is 9.42. The van der Waals surface area contributed by atoms with Crippen molar-refractivity contribution in [2.45, 2.75) is 0 Å². The van der Waals surface area contributed by atoms with Gasteiger partial charge in [-0.1, -0.05) is 12.1 Å². The Morgan fingerprint density at radius 1 is 1.11 bits per heavy atom. The number of carbonyl (C=O) groups excluding carboxylic acids is 1.